The van der Waals surface area contributed by atoms with Crippen molar-refractivity contribution in [1.82, 2.24) is 14.8 Å². The number of carbonyl (C=O) groups is 1. The molecule has 3 heterocycles. The summed E-state index contributed by atoms with van der Waals surface area (Å²) >= 11 is 0. The standard InChI is InChI=1S/C18H29N5O/c1-15(19)16-6-3-5-9-23(16)18(24)14-21-10-12-22(13-11-21)17-7-2-4-8-20-17/h2,4,7-8,15-16H,3,5-6,9-14,19H2,1H3. The summed E-state index contributed by atoms with van der Waals surface area (Å²) in [5.74, 6) is 1.26. The molecule has 6 heteroatoms. The average Bonchev–Trinajstić information content (AvgIpc) is 2.63. The van der Waals surface area contributed by atoms with Crippen LogP contribution in [0.5, 0.6) is 0 Å². The summed E-state index contributed by atoms with van der Waals surface area (Å²) in [6, 6.07) is 6.26. The van der Waals surface area contributed by atoms with Gasteiger partial charge in [0.05, 0.1) is 6.54 Å². The quantitative estimate of drug-likeness (QED) is 0.889. The summed E-state index contributed by atoms with van der Waals surface area (Å²) in [7, 11) is 0. The highest BCUT2D eigenvalue weighted by molar-refractivity contribution is 5.78. The third-order valence-corrected chi connectivity index (χ3v) is 5.18. The number of piperazine rings is 1. The van der Waals surface area contributed by atoms with Gasteiger partial charge in [0.25, 0.3) is 0 Å². The number of carbonyl (C=O) groups excluding carboxylic acids is 1. The zero-order valence-electron chi connectivity index (χ0n) is 14.6. The van der Waals surface area contributed by atoms with Crippen LogP contribution in [0.4, 0.5) is 5.82 Å². The van der Waals surface area contributed by atoms with Gasteiger partial charge in [-0.25, -0.2) is 4.98 Å². The minimum atomic E-state index is 0.0512. The van der Waals surface area contributed by atoms with Crippen molar-refractivity contribution in [2.24, 2.45) is 5.73 Å². The largest absolute Gasteiger partial charge is 0.354 e. The second-order valence-electron chi connectivity index (χ2n) is 6.96. The first kappa shape index (κ1) is 17.2. The fourth-order valence-electron chi connectivity index (χ4n) is 3.77. The Kier molecular flexibility index (Phi) is 5.68. The summed E-state index contributed by atoms with van der Waals surface area (Å²) in [4.78, 5) is 23.7. The van der Waals surface area contributed by atoms with Crippen molar-refractivity contribution >= 4 is 11.7 Å². The third kappa shape index (κ3) is 4.05. The van der Waals surface area contributed by atoms with E-state index in [4.69, 9.17) is 5.73 Å². The van der Waals surface area contributed by atoms with Gasteiger partial charge in [-0.1, -0.05) is 6.07 Å². The van der Waals surface area contributed by atoms with E-state index in [1.54, 1.807) is 0 Å². The van der Waals surface area contributed by atoms with Crippen LogP contribution in [-0.4, -0.2) is 72.0 Å². The van der Waals surface area contributed by atoms with Crippen LogP contribution < -0.4 is 10.6 Å². The second kappa shape index (κ2) is 7.94. The molecule has 1 amide bonds. The zero-order chi connectivity index (χ0) is 16.9. The van der Waals surface area contributed by atoms with E-state index in [0.717, 1.165) is 51.4 Å². The zero-order valence-corrected chi connectivity index (χ0v) is 14.6. The predicted octanol–water partition coefficient (Wildman–Crippen LogP) is 0.932. The Morgan fingerprint density at radius 2 is 2.04 bits per heavy atom. The van der Waals surface area contributed by atoms with Crippen LogP contribution in [0.3, 0.4) is 0 Å². The lowest BCUT2D eigenvalue weighted by Gasteiger charge is -2.40. The van der Waals surface area contributed by atoms with E-state index in [1.165, 1.54) is 6.42 Å². The number of likely N-dealkylation sites (tertiary alicyclic amines) is 1. The fourth-order valence-corrected chi connectivity index (χ4v) is 3.77. The Labute approximate surface area is 144 Å². The Morgan fingerprint density at radius 3 is 2.71 bits per heavy atom. The number of piperidine rings is 1. The summed E-state index contributed by atoms with van der Waals surface area (Å²) in [6.45, 7) is 7.03. The summed E-state index contributed by atoms with van der Waals surface area (Å²) < 4.78 is 0. The lowest BCUT2D eigenvalue weighted by atomic mass is 9.97. The molecule has 0 radical (unpaired) electrons. The van der Waals surface area contributed by atoms with Crippen molar-refractivity contribution in [1.29, 1.82) is 0 Å². The fraction of sp³-hybridized carbons (Fsp3) is 0.667. The molecule has 1 aromatic heterocycles. The van der Waals surface area contributed by atoms with E-state index in [9.17, 15) is 4.79 Å². The van der Waals surface area contributed by atoms with Crippen LogP contribution in [0.2, 0.25) is 0 Å². The van der Waals surface area contributed by atoms with Crippen molar-refractivity contribution in [3.8, 4) is 0 Å². The van der Waals surface area contributed by atoms with Crippen molar-refractivity contribution in [3.05, 3.63) is 24.4 Å². The number of anilines is 1. The Balaban J connectivity index is 1.51. The molecule has 1 aromatic rings. The Hall–Kier alpha value is -1.66. The third-order valence-electron chi connectivity index (χ3n) is 5.18. The molecular formula is C18H29N5O. The highest BCUT2D eigenvalue weighted by Gasteiger charge is 2.30. The molecule has 2 saturated heterocycles. The van der Waals surface area contributed by atoms with Gasteiger partial charge < -0.3 is 15.5 Å². The van der Waals surface area contributed by atoms with Gasteiger partial charge in [0, 0.05) is 51.0 Å². The summed E-state index contributed by atoms with van der Waals surface area (Å²) in [5, 5.41) is 0. The minimum Gasteiger partial charge on any atom is -0.354 e. The topological polar surface area (TPSA) is 65.7 Å². The number of pyridine rings is 1. The van der Waals surface area contributed by atoms with Crippen LogP contribution in [0.25, 0.3) is 0 Å². The van der Waals surface area contributed by atoms with E-state index >= 15 is 0 Å². The van der Waals surface area contributed by atoms with Gasteiger partial charge in [-0.2, -0.15) is 0 Å². The molecule has 0 aromatic carbocycles. The van der Waals surface area contributed by atoms with Crippen LogP contribution in [0.15, 0.2) is 24.4 Å². The molecule has 0 saturated carbocycles. The molecule has 2 N–H and O–H groups in total. The number of hydrogen-bond donors (Lipinski definition) is 1. The molecule has 6 nitrogen and oxygen atoms in total. The number of amides is 1. The van der Waals surface area contributed by atoms with Crippen LogP contribution in [-0.2, 0) is 4.79 Å². The number of aromatic nitrogens is 1. The number of nitrogens with two attached hydrogens (primary N) is 1. The molecule has 2 unspecified atom stereocenters. The molecule has 2 fully saturated rings. The molecule has 0 spiro atoms. The molecule has 2 aliphatic rings. The van der Waals surface area contributed by atoms with Gasteiger partial charge >= 0.3 is 0 Å². The average molecular weight is 331 g/mol. The second-order valence-corrected chi connectivity index (χ2v) is 6.96. The van der Waals surface area contributed by atoms with Crippen molar-refractivity contribution in [2.45, 2.75) is 38.3 Å². The molecule has 2 atom stereocenters. The van der Waals surface area contributed by atoms with Crippen LogP contribution in [0, 0.1) is 0 Å². The number of nitrogens with zero attached hydrogens (tertiary/aromatic N) is 4. The maximum absolute atomic E-state index is 12.7. The molecule has 24 heavy (non-hydrogen) atoms. The summed E-state index contributed by atoms with van der Waals surface area (Å²) in [6.07, 6.45) is 5.15. The molecular weight excluding hydrogens is 302 g/mol. The molecule has 0 aliphatic carbocycles. The number of rotatable bonds is 4. The van der Waals surface area contributed by atoms with Crippen molar-refractivity contribution < 1.29 is 4.79 Å². The van der Waals surface area contributed by atoms with Crippen LogP contribution in [0.1, 0.15) is 26.2 Å². The molecule has 0 bridgehead atoms. The highest BCUT2D eigenvalue weighted by atomic mass is 16.2. The van der Waals surface area contributed by atoms with Crippen LogP contribution >= 0.6 is 0 Å². The van der Waals surface area contributed by atoms with Gasteiger partial charge in [0.1, 0.15) is 5.82 Å². The normalized spacial score (nSPS) is 24.0. The molecule has 132 valence electrons. The highest BCUT2D eigenvalue weighted by Crippen LogP contribution is 2.20. The van der Waals surface area contributed by atoms with E-state index in [0.29, 0.717) is 6.54 Å². The lowest BCUT2D eigenvalue weighted by Crippen LogP contribution is -2.56. The number of hydrogen-bond acceptors (Lipinski definition) is 5. The minimum absolute atomic E-state index is 0.0512. The van der Waals surface area contributed by atoms with Crippen molar-refractivity contribution in [2.75, 3.05) is 44.2 Å². The van der Waals surface area contributed by atoms with E-state index in [1.807, 2.05) is 36.2 Å². The van der Waals surface area contributed by atoms with E-state index in [2.05, 4.69) is 14.8 Å². The van der Waals surface area contributed by atoms with Gasteiger partial charge in [-0.05, 0) is 38.3 Å². The monoisotopic (exact) mass is 331 g/mol. The first-order valence-electron chi connectivity index (χ1n) is 9.08. The maximum Gasteiger partial charge on any atom is 0.237 e. The van der Waals surface area contributed by atoms with Gasteiger partial charge in [-0.15, -0.1) is 0 Å². The first-order valence-corrected chi connectivity index (χ1v) is 9.08. The Bertz CT molecular complexity index is 527. The maximum atomic E-state index is 12.7. The van der Waals surface area contributed by atoms with Gasteiger partial charge in [0.2, 0.25) is 5.91 Å². The first-order chi connectivity index (χ1) is 11.6. The van der Waals surface area contributed by atoms with E-state index in [-0.39, 0.29) is 18.0 Å². The van der Waals surface area contributed by atoms with Gasteiger partial charge in [-0.3, -0.25) is 9.69 Å². The molecule has 2 aliphatic heterocycles. The van der Waals surface area contributed by atoms with E-state index < -0.39 is 0 Å². The summed E-state index contributed by atoms with van der Waals surface area (Å²) in [5.41, 5.74) is 6.09. The SMILES string of the molecule is CC(N)C1CCCCN1C(=O)CN1CCN(c2ccccn2)CC1. The predicted molar refractivity (Wildman–Crippen MR) is 95.9 cm³/mol. The smallest absolute Gasteiger partial charge is 0.237 e. The Morgan fingerprint density at radius 1 is 1.25 bits per heavy atom. The van der Waals surface area contributed by atoms with Gasteiger partial charge in [0.15, 0.2) is 0 Å². The lowest BCUT2D eigenvalue weighted by molar-refractivity contribution is -0.136. The molecule has 3 rings (SSSR count). The van der Waals surface area contributed by atoms with Crippen molar-refractivity contribution in [3.63, 3.8) is 0 Å².